The maximum Gasteiger partial charge on any atom is 0.221 e. The summed E-state index contributed by atoms with van der Waals surface area (Å²) in [6.45, 7) is 3.33. The predicted octanol–water partition coefficient (Wildman–Crippen LogP) is 3.57. The van der Waals surface area contributed by atoms with E-state index in [1.807, 2.05) is 18.2 Å². The first-order chi connectivity index (χ1) is 10.9. The Labute approximate surface area is 144 Å². The molecule has 3 rings (SSSR count). The zero-order valence-corrected chi connectivity index (χ0v) is 14.9. The quantitative estimate of drug-likeness (QED) is 0.791. The van der Waals surface area contributed by atoms with Gasteiger partial charge in [-0.05, 0) is 48.0 Å². The first kappa shape index (κ1) is 16.0. The van der Waals surface area contributed by atoms with Crippen LogP contribution in [0.1, 0.15) is 29.5 Å². The SMILES string of the molecule is CC(=O)Nc1ccc(C2CN(C)Cc3c(N)cc(Br)cc32)cc1. The third kappa shape index (κ3) is 3.41. The molecular formula is C18H20BrN3O. The molecule has 1 atom stereocenters. The van der Waals surface area contributed by atoms with Crippen LogP contribution in [0, 0.1) is 0 Å². The maximum absolute atomic E-state index is 11.1. The molecule has 3 N–H and O–H groups in total. The van der Waals surface area contributed by atoms with E-state index < -0.39 is 0 Å². The number of halogens is 1. The van der Waals surface area contributed by atoms with Gasteiger partial charge < -0.3 is 16.0 Å². The molecule has 0 aromatic heterocycles. The molecule has 2 aromatic rings. The highest BCUT2D eigenvalue weighted by molar-refractivity contribution is 9.10. The molecule has 2 aromatic carbocycles. The summed E-state index contributed by atoms with van der Waals surface area (Å²) in [5.41, 5.74) is 11.6. The number of nitrogens with one attached hydrogen (secondary N) is 1. The lowest BCUT2D eigenvalue weighted by Gasteiger charge is -2.33. The van der Waals surface area contributed by atoms with Crippen LogP contribution in [0.2, 0.25) is 0 Å². The largest absolute Gasteiger partial charge is 0.398 e. The smallest absolute Gasteiger partial charge is 0.221 e. The van der Waals surface area contributed by atoms with E-state index in [1.54, 1.807) is 0 Å². The molecule has 1 amide bonds. The van der Waals surface area contributed by atoms with Gasteiger partial charge in [0, 0.05) is 41.8 Å². The fourth-order valence-corrected chi connectivity index (χ4v) is 3.70. The van der Waals surface area contributed by atoms with E-state index in [2.05, 4.69) is 51.4 Å². The van der Waals surface area contributed by atoms with Crippen molar-refractivity contribution >= 4 is 33.2 Å². The van der Waals surface area contributed by atoms with Crippen molar-refractivity contribution in [2.75, 3.05) is 24.6 Å². The first-order valence-corrected chi connectivity index (χ1v) is 8.37. The molecule has 23 heavy (non-hydrogen) atoms. The summed E-state index contributed by atoms with van der Waals surface area (Å²) in [6, 6.07) is 12.2. The number of carbonyl (C=O) groups excluding carboxylic acids is 1. The van der Waals surface area contributed by atoms with Crippen LogP contribution >= 0.6 is 15.9 Å². The minimum absolute atomic E-state index is 0.0581. The second-order valence-electron chi connectivity index (χ2n) is 6.12. The Hall–Kier alpha value is -1.85. The second-order valence-corrected chi connectivity index (χ2v) is 7.03. The van der Waals surface area contributed by atoms with Crippen LogP contribution in [-0.2, 0) is 11.3 Å². The van der Waals surface area contributed by atoms with Crippen LogP contribution in [0.25, 0.3) is 0 Å². The van der Waals surface area contributed by atoms with Crippen LogP contribution < -0.4 is 11.1 Å². The molecule has 120 valence electrons. The minimum Gasteiger partial charge on any atom is -0.398 e. The number of likely N-dealkylation sites (N-methyl/N-ethyl adjacent to an activating group) is 1. The average molecular weight is 374 g/mol. The van der Waals surface area contributed by atoms with E-state index in [1.165, 1.54) is 23.6 Å². The number of carbonyl (C=O) groups is 1. The van der Waals surface area contributed by atoms with E-state index in [0.717, 1.165) is 28.9 Å². The average Bonchev–Trinajstić information content (AvgIpc) is 2.48. The zero-order chi connectivity index (χ0) is 16.6. The second kappa shape index (κ2) is 6.34. The van der Waals surface area contributed by atoms with Gasteiger partial charge in [-0.15, -0.1) is 0 Å². The molecule has 0 saturated carbocycles. The summed E-state index contributed by atoms with van der Waals surface area (Å²) in [6.07, 6.45) is 0. The van der Waals surface area contributed by atoms with E-state index in [-0.39, 0.29) is 11.8 Å². The summed E-state index contributed by atoms with van der Waals surface area (Å²) in [4.78, 5) is 13.4. The van der Waals surface area contributed by atoms with Gasteiger partial charge in [0.05, 0.1) is 0 Å². The summed E-state index contributed by atoms with van der Waals surface area (Å²) < 4.78 is 1.01. The highest BCUT2D eigenvalue weighted by atomic mass is 79.9. The number of benzene rings is 2. The van der Waals surface area contributed by atoms with E-state index >= 15 is 0 Å². The number of nitrogens with two attached hydrogens (primary N) is 1. The molecule has 5 heteroatoms. The summed E-state index contributed by atoms with van der Waals surface area (Å²) in [5, 5.41) is 2.80. The molecule has 1 heterocycles. The number of amides is 1. The summed E-state index contributed by atoms with van der Waals surface area (Å²) >= 11 is 3.55. The summed E-state index contributed by atoms with van der Waals surface area (Å²) in [5.74, 6) is 0.215. The van der Waals surface area contributed by atoms with Crippen molar-refractivity contribution in [2.24, 2.45) is 0 Å². The minimum atomic E-state index is -0.0581. The Balaban J connectivity index is 1.99. The Morgan fingerprint density at radius 1 is 1.30 bits per heavy atom. The van der Waals surface area contributed by atoms with Gasteiger partial charge in [-0.25, -0.2) is 0 Å². The molecule has 0 spiro atoms. The van der Waals surface area contributed by atoms with Crippen LogP contribution in [0.4, 0.5) is 11.4 Å². The number of fused-ring (bicyclic) bond motifs is 1. The number of nitrogens with zero attached hydrogens (tertiary/aromatic N) is 1. The molecule has 1 aliphatic rings. The molecule has 0 saturated heterocycles. The van der Waals surface area contributed by atoms with Gasteiger partial charge in [-0.3, -0.25) is 4.79 Å². The summed E-state index contributed by atoms with van der Waals surface area (Å²) in [7, 11) is 2.11. The molecular weight excluding hydrogens is 354 g/mol. The van der Waals surface area contributed by atoms with Crippen LogP contribution in [-0.4, -0.2) is 24.4 Å². The molecule has 0 radical (unpaired) electrons. The van der Waals surface area contributed by atoms with Gasteiger partial charge in [0.2, 0.25) is 5.91 Å². The van der Waals surface area contributed by atoms with Crippen LogP contribution in [0.15, 0.2) is 40.9 Å². The monoisotopic (exact) mass is 373 g/mol. The Morgan fingerprint density at radius 3 is 2.65 bits per heavy atom. The highest BCUT2D eigenvalue weighted by Crippen LogP contribution is 2.37. The fraction of sp³-hybridized carbons (Fsp3) is 0.278. The van der Waals surface area contributed by atoms with Crippen LogP contribution in [0.3, 0.4) is 0 Å². The number of nitrogen functional groups attached to an aromatic ring is 1. The van der Waals surface area contributed by atoms with E-state index in [0.29, 0.717) is 0 Å². The number of rotatable bonds is 2. The van der Waals surface area contributed by atoms with Crippen molar-refractivity contribution in [3.63, 3.8) is 0 Å². The topological polar surface area (TPSA) is 58.4 Å². The number of hydrogen-bond acceptors (Lipinski definition) is 3. The number of hydrogen-bond donors (Lipinski definition) is 2. The predicted molar refractivity (Wildman–Crippen MR) is 97.5 cm³/mol. The van der Waals surface area contributed by atoms with Gasteiger partial charge >= 0.3 is 0 Å². The standard InChI is InChI=1S/C18H20BrN3O/c1-11(23)21-14-5-3-12(4-6-14)16-9-22(2)10-17-15(16)7-13(19)8-18(17)20/h3-8,16H,9-10,20H2,1-2H3,(H,21,23). The highest BCUT2D eigenvalue weighted by Gasteiger charge is 2.26. The van der Waals surface area contributed by atoms with Crippen molar-refractivity contribution in [1.29, 1.82) is 0 Å². The molecule has 1 aliphatic heterocycles. The van der Waals surface area contributed by atoms with Crippen molar-refractivity contribution in [1.82, 2.24) is 4.90 Å². The lowest BCUT2D eigenvalue weighted by atomic mass is 9.84. The normalized spacial score (nSPS) is 17.6. The Bertz CT molecular complexity index is 743. The van der Waals surface area contributed by atoms with Gasteiger partial charge in [0.25, 0.3) is 0 Å². The lowest BCUT2D eigenvalue weighted by molar-refractivity contribution is -0.114. The zero-order valence-electron chi connectivity index (χ0n) is 13.3. The van der Waals surface area contributed by atoms with Gasteiger partial charge in [-0.1, -0.05) is 28.1 Å². The molecule has 0 bridgehead atoms. The lowest BCUT2D eigenvalue weighted by Crippen LogP contribution is -2.31. The van der Waals surface area contributed by atoms with E-state index in [9.17, 15) is 4.79 Å². The maximum atomic E-state index is 11.1. The van der Waals surface area contributed by atoms with Crippen molar-refractivity contribution in [3.8, 4) is 0 Å². The Kier molecular flexibility index (Phi) is 4.41. The molecule has 0 aliphatic carbocycles. The van der Waals surface area contributed by atoms with Crippen LogP contribution in [0.5, 0.6) is 0 Å². The fourth-order valence-electron chi connectivity index (χ4n) is 3.20. The molecule has 0 fully saturated rings. The van der Waals surface area contributed by atoms with Crippen molar-refractivity contribution in [2.45, 2.75) is 19.4 Å². The third-order valence-electron chi connectivity index (χ3n) is 4.21. The molecule has 1 unspecified atom stereocenters. The van der Waals surface area contributed by atoms with Gasteiger partial charge in [0.1, 0.15) is 0 Å². The Morgan fingerprint density at radius 2 is 2.00 bits per heavy atom. The first-order valence-electron chi connectivity index (χ1n) is 7.58. The molecule has 4 nitrogen and oxygen atoms in total. The van der Waals surface area contributed by atoms with Gasteiger partial charge in [-0.2, -0.15) is 0 Å². The van der Waals surface area contributed by atoms with Gasteiger partial charge in [0.15, 0.2) is 0 Å². The van der Waals surface area contributed by atoms with E-state index in [4.69, 9.17) is 5.73 Å². The number of anilines is 2. The van der Waals surface area contributed by atoms with Crippen molar-refractivity contribution < 1.29 is 4.79 Å². The van der Waals surface area contributed by atoms with Crippen molar-refractivity contribution in [3.05, 3.63) is 57.6 Å². The third-order valence-corrected chi connectivity index (χ3v) is 4.67.